The lowest BCUT2D eigenvalue weighted by atomic mass is 10.5. The molecule has 0 aromatic heterocycles. The minimum Gasteiger partial charge on any atom is -0.432 e. The zero-order chi connectivity index (χ0) is 11.4. The van der Waals surface area contributed by atoms with Gasteiger partial charge in [0.15, 0.2) is 0 Å². The molecule has 0 radical (unpaired) electrons. The molecule has 0 aliphatic rings. The van der Waals surface area contributed by atoms with Gasteiger partial charge in [-0.25, -0.2) is 9.59 Å². The van der Waals surface area contributed by atoms with Crippen molar-refractivity contribution < 1.29 is 19.1 Å². The molecule has 0 aromatic rings. The first-order chi connectivity index (χ1) is 6.70. The van der Waals surface area contributed by atoms with Gasteiger partial charge in [-0.1, -0.05) is 13.2 Å². The average Bonchev–Trinajstić information content (AvgIpc) is 2.19. The normalized spacial score (nSPS) is 8.00. The molecule has 0 N–H and O–H groups in total. The molecule has 0 saturated carbocycles. The molecule has 0 heterocycles. The molecule has 0 atom stereocenters. The van der Waals surface area contributed by atoms with Gasteiger partial charge in [0.25, 0.3) is 0 Å². The number of hydrogen-bond acceptors (Lipinski definition) is 4. The van der Waals surface area contributed by atoms with Crippen molar-refractivity contribution in [1.29, 1.82) is 0 Å². The molecule has 0 rings (SSSR count). The molecular weight excluding hydrogens is 184 g/mol. The van der Waals surface area contributed by atoms with E-state index in [2.05, 4.69) is 35.8 Å². The summed E-state index contributed by atoms with van der Waals surface area (Å²) < 4.78 is 8.55. The second-order valence-corrected chi connectivity index (χ2v) is 1.54. The zero-order valence-electron chi connectivity index (χ0n) is 7.77. The van der Waals surface area contributed by atoms with Gasteiger partial charge in [-0.3, -0.25) is 0 Å². The topological polar surface area (TPSA) is 52.6 Å². The molecular formula is C10H12O4. The Bertz CT molecular complexity index is 217. The van der Waals surface area contributed by atoms with E-state index in [0.717, 1.165) is 24.7 Å². The third-order valence-electron chi connectivity index (χ3n) is 0.754. The smallest absolute Gasteiger partial charge is 0.335 e. The largest absolute Gasteiger partial charge is 0.432 e. The third kappa shape index (κ3) is 9.90. The summed E-state index contributed by atoms with van der Waals surface area (Å²) in [6.45, 7) is 12.3. The first-order valence-corrected chi connectivity index (χ1v) is 3.52. The van der Waals surface area contributed by atoms with Crippen LogP contribution in [0.2, 0.25) is 0 Å². The second kappa shape index (κ2) is 10.9. The molecule has 0 unspecified atom stereocenters. The summed E-state index contributed by atoms with van der Waals surface area (Å²) in [6, 6.07) is 0. The lowest BCUT2D eigenvalue weighted by Gasteiger charge is -1.90. The SMILES string of the molecule is C=C.C=COC(=O)/C=C\C(=O)OC=C. The summed E-state index contributed by atoms with van der Waals surface area (Å²) in [5.41, 5.74) is 0. The number of carbonyl (C=O) groups excluding carboxylic acids is 2. The number of hydrogen-bond donors (Lipinski definition) is 0. The van der Waals surface area contributed by atoms with Crippen molar-refractivity contribution in [1.82, 2.24) is 0 Å². The van der Waals surface area contributed by atoms with E-state index < -0.39 is 11.9 Å². The Morgan fingerprint density at radius 1 is 0.857 bits per heavy atom. The molecule has 0 amide bonds. The highest BCUT2D eigenvalue weighted by molar-refractivity contribution is 5.92. The fourth-order valence-electron chi connectivity index (χ4n) is 0.379. The molecule has 4 nitrogen and oxygen atoms in total. The number of rotatable bonds is 4. The molecule has 0 bridgehead atoms. The minimum absolute atomic E-state index is 0.689. The summed E-state index contributed by atoms with van der Waals surface area (Å²) in [4.78, 5) is 21.1. The highest BCUT2D eigenvalue weighted by atomic mass is 16.5. The molecule has 0 aliphatic heterocycles. The molecule has 76 valence electrons. The number of esters is 2. The average molecular weight is 196 g/mol. The van der Waals surface area contributed by atoms with Crippen LogP contribution in [0.25, 0.3) is 0 Å². The molecule has 4 heteroatoms. The molecule has 0 aliphatic carbocycles. The maximum atomic E-state index is 10.5. The van der Waals surface area contributed by atoms with Crippen LogP contribution in [-0.2, 0) is 19.1 Å². The summed E-state index contributed by atoms with van der Waals surface area (Å²) in [7, 11) is 0. The summed E-state index contributed by atoms with van der Waals surface area (Å²) >= 11 is 0. The lowest BCUT2D eigenvalue weighted by molar-refractivity contribution is -0.135. The van der Waals surface area contributed by atoms with Gasteiger partial charge in [-0.15, -0.1) is 13.2 Å². The standard InChI is InChI=1S/C8H8O4.C2H4/c1-3-11-7(9)5-6-8(10)12-4-2;1-2/h3-6H,1-2H2;1-2H2/b6-5-;. The Kier molecular flexibility index (Phi) is 11.2. The van der Waals surface area contributed by atoms with Crippen molar-refractivity contribution in [2.75, 3.05) is 0 Å². The van der Waals surface area contributed by atoms with Crippen LogP contribution >= 0.6 is 0 Å². The molecule has 0 fully saturated rings. The van der Waals surface area contributed by atoms with Crippen molar-refractivity contribution in [3.8, 4) is 0 Å². The van der Waals surface area contributed by atoms with Gasteiger partial charge >= 0.3 is 11.9 Å². The van der Waals surface area contributed by atoms with Gasteiger partial charge in [0.1, 0.15) is 0 Å². The van der Waals surface area contributed by atoms with Crippen molar-refractivity contribution in [3.63, 3.8) is 0 Å². The molecule has 14 heavy (non-hydrogen) atoms. The van der Waals surface area contributed by atoms with E-state index in [1.165, 1.54) is 0 Å². The Balaban J connectivity index is 0. The van der Waals surface area contributed by atoms with Crippen LogP contribution in [0, 0.1) is 0 Å². The predicted molar refractivity (Wildman–Crippen MR) is 53.0 cm³/mol. The summed E-state index contributed by atoms with van der Waals surface area (Å²) in [5.74, 6) is -1.38. The van der Waals surface area contributed by atoms with E-state index in [4.69, 9.17) is 0 Å². The summed E-state index contributed by atoms with van der Waals surface area (Å²) in [5, 5.41) is 0. The molecule has 0 saturated heterocycles. The lowest BCUT2D eigenvalue weighted by Crippen LogP contribution is -1.98. The van der Waals surface area contributed by atoms with Gasteiger partial charge < -0.3 is 9.47 Å². The maximum Gasteiger partial charge on any atom is 0.335 e. The highest BCUT2D eigenvalue weighted by Crippen LogP contribution is 1.85. The third-order valence-corrected chi connectivity index (χ3v) is 0.754. The van der Waals surface area contributed by atoms with E-state index in [1.807, 2.05) is 0 Å². The fourth-order valence-corrected chi connectivity index (χ4v) is 0.379. The van der Waals surface area contributed by atoms with Crippen molar-refractivity contribution in [2.24, 2.45) is 0 Å². The predicted octanol–water partition coefficient (Wildman–Crippen LogP) is 1.72. The van der Waals surface area contributed by atoms with Gasteiger partial charge in [0, 0.05) is 12.2 Å². The number of ether oxygens (including phenoxy) is 2. The molecule has 0 aromatic carbocycles. The van der Waals surface area contributed by atoms with E-state index >= 15 is 0 Å². The quantitative estimate of drug-likeness (QED) is 0.297. The molecule has 0 spiro atoms. The van der Waals surface area contributed by atoms with Crippen molar-refractivity contribution in [3.05, 3.63) is 51.0 Å². The Morgan fingerprint density at radius 3 is 1.36 bits per heavy atom. The van der Waals surface area contributed by atoms with Gasteiger partial charge in [0.05, 0.1) is 12.5 Å². The van der Waals surface area contributed by atoms with Crippen LogP contribution in [-0.4, -0.2) is 11.9 Å². The second-order valence-electron chi connectivity index (χ2n) is 1.54. The van der Waals surface area contributed by atoms with Crippen LogP contribution in [0.3, 0.4) is 0 Å². The van der Waals surface area contributed by atoms with E-state index in [0.29, 0.717) is 0 Å². The van der Waals surface area contributed by atoms with Gasteiger partial charge in [-0.05, 0) is 0 Å². The van der Waals surface area contributed by atoms with Crippen LogP contribution in [0.5, 0.6) is 0 Å². The Morgan fingerprint density at radius 2 is 1.14 bits per heavy atom. The Labute approximate surface area is 82.8 Å². The van der Waals surface area contributed by atoms with Crippen molar-refractivity contribution in [2.45, 2.75) is 0 Å². The van der Waals surface area contributed by atoms with Crippen LogP contribution in [0.4, 0.5) is 0 Å². The first kappa shape index (κ1) is 14.4. The zero-order valence-corrected chi connectivity index (χ0v) is 7.77. The van der Waals surface area contributed by atoms with Gasteiger partial charge in [0.2, 0.25) is 0 Å². The first-order valence-electron chi connectivity index (χ1n) is 3.52. The number of carbonyl (C=O) groups is 2. The van der Waals surface area contributed by atoms with Crippen LogP contribution < -0.4 is 0 Å². The Hall–Kier alpha value is -2.10. The van der Waals surface area contributed by atoms with E-state index in [9.17, 15) is 9.59 Å². The van der Waals surface area contributed by atoms with Crippen LogP contribution in [0.1, 0.15) is 0 Å². The fraction of sp³-hybridized carbons (Fsp3) is 0. The highest BCUT2D eigenvalue weighted by Gasteiger charge is 1.96. The van der Waals surface area contributed by atoms with Crippen LogP contribution in [0.15, 0.2) is 51.0 Å². The van der Waals surface area contributed by atoms with E-state index in [-0.39, 0.29) is 0 Å². The van der Waals surface area contributed by atoms with Gasteiger partial charge in [-0.2, -0.15) is 0 Å². The monoisotopic (exact) mass is 196 g/mol. The van der Waals surface area contributed by atoms with Crippen molar-refractivity contribution >= 4 is 11.9 Å². The maximum absolute atomic E-state index is 10.5. The van der Waals surface area contributed by atoms with E-state index in [1.54, 1.807) is 0 Å². The minimum atomic E-state index is -0.689. The summed E-state index contributed by atoms with van der Waals surface area (Å²) in [6.07, 6.45) is 3.78.